The van der Waals surface area contributed by atoms with Crippen molar-refractivity contribution in [1.29, 1.82) is 0 Å². The molecule has 1 atom stereocenters. The SMILES string of the molecule is CCCCC1CN(c2ccccc2)c2cc(C(F)(F)F)c(OS(=O)(=O)C(F)(F)F)cc2S(O)(O)N1C. The van der Waals surface area contributed by atoms with E-state index in [0.29, 0.717) is 30.7 Å². The van der Waals surface area contributed by atoms with Crippen LogP contribution in [0.5, 0.6) is 5.75 Å². The van der Waals surface area contributed by atoms with Gasteiger partial charge in [0.2, 0.25) is 0 Å². The van der Waals surface area contributed by atoms with E-state index in [1.165, 1.54) is 11.9 Å². The normalized spacial score (nSPS) is 19.9. The first-order chi connectivity index (χ1) is 16.5. The van der Waals surface area contributed by atoms with Gasteiger partial charge in [-0.25, -0.2) is 4.31 Å². The highest BCUT2D eigenvalue weighted by molar-refractivity contribution is 8.22. The topological polar surface area (TPSA) is 90.3 Å². The number of likely N-dealkylation sites (N-methyl/N-ethyl adjacent to an activating group) is 1. The number of unbranched alkanes of at least 4 members (excludes halogenated alkanes) is 1. The van der Waals surface area contributed by atoms with E-state index in [0.717, 1.165) is 10.7 Å². The van der Waals surface area contributed by atoms with Crippen LogP contribution in [0.25, 0.3) is 0 Å². The van der Waals surface area contributed by atoms with Gasteiger partial charge in [0.1, 0.15) is 10.5 Å². The number of anilines is 2. The zero-order chi connectivity index (χ0) is 27.1. The van der Waals surface area contributed by atoms with Gasteiger partial charge in [-0.15, -0.1) is 10.8 Å². The van der Waals surface area contributed by atoms with Crippen LogP contribution in [-0.2, 0) is 16.3 Å². The summed E-state index contributed by atoms with van der Waals surface area (Å²) in [7, 11) is -9.24. The van der Waals surface area contributed by atoms with E-state index in [4.69, 9.17) is 0 Å². The molecule has 2 aromatic carbocycles. The van der Waals surface area contributed by atoms with Gasteiger partial charge in [0.15, 0.2) is 5.75 Å². The molecule has 1 aliphatic heterocycles. The third kappa shape index (κ3) is 5.54. The third-order valence-electron chi connectivity index (χ3n) is 5.70. The number of halogens is 6. The number of alkyl halides is 6. The van der Waals surface area contributed by atoms with Crippen LogP contribution in [0.15, 0.2) is 47.4 Å². The highest BCUT2D eigenvalue weighted by Gasteiger charge is 2.50. The van der Waals surface area contributed by atoms with Crippen LogP contribution >= 0.6 is 10.8 Å². The largest absolute Gasteiger partial charge is 0.534 e. The molecule has 2 N–H and O–H groups in total. The number of hydrogen-bond donors (Lipinski definition) is 2. The van der Waals surface area contributed by atoms with Gasteiger partial charge in [-0.05, 0) is 24.6 Å². The summed E-state index contributed by atoms with van der Waals surface area (Å²) < 4.78 is 131. The van der Waals surface area contributed by atoms with Crippen LogP contribution in [0.3, 0.4) is 0 Å². The van der Waals surface area contributed by atoms with E-state index in [9.17, 15) is 43.9 Å². The molecule has 1 aliphatic rings. The van der Waals surface area contributed by atoms with Crippen molar-refractivity contribution < 1.29 is 48.0 Å². The maximum absolute atomic E-state index is 13.9. The van der Waals surface area contributed by atoms with Crippen molar-refractivity contribution in [3.05, 3.63) is 48.0 Å². The van der Waals surface area contributed by atoms with Gasteiger partial charge < -0.3 is 9.08 Å². The first-order valence-corrected chi connectivity index (χ1v) is 13.5. The van der Waals surface area contributed by atoms with Crippen molar-refractivity contribution in [2.45, 2.75) is 48.8 Å². The van der Waals surface area contributed by atoms with Crippen LogP contribution in [0.1, 0.15) is 31.7 Å². The van der Waals surface area contributed by atoms with Crippen LogP contribution in [-0.4, -0.2) is 47.0 Å². The summed E-state index contributed by atoms with van der Waals surface area (Å²) in [4.78, 5) is 0.790. The zero-order valence-electron chi connectivity index (χ0n) is 19.0. The molecule has 0 saturated heterocycles. The quantitative estimate of drug-likeness (QED) is 0.233. The van der Waals surface area contributed by atoms with E-state index in [2.05, 4.69) is 4.18 Å². The molecule has 7 nitrogen and oxygen atoms in total. The Balaban J connectivity index is 2.33. The van der Waals surface area contributed by atoms with E-state index >= 15 is 0 Å². The molecule has 15 heteroatoms. The minimum Gasteiger partial charge on any atom is -0.375 e. The molecule has 0 radical (unpaired) electrons. The van der Waals surface area contributed by atoms with Crippen LogP contribution in [0.4, 0.5) is 37.7 Å². The number of rotatable bonds is 6. The monoisotopic (exact) mass is 562 g/mol. The lowest BCUT2D eigenvalue weighted by Crippen LogP contribution is -2.39. The lowest BCUT2D eigenvalue weighted by molar-refractivity contribution is -0.138. The number of benzene rings is 2. The fourth-order valence-corrected chi connectivity index (χ4v) is 5.87. The molecular weight excluding hydrogens is 538 g/mol. The van der Waals surface area contributed by atoms with E-state index in [-0.39, 0.29) is 12.2 Å². The maximum Gasteiger partial charge on any atom is 0.534 e. The molecule has 202 valence electrons. The Hall–Kier alpha value is -2.20. The van der Waals surface area contributed by atoms with Crippen molar-refractivity contribution in [3.8, 4) is 5.75 Å². The van der Waals surface area contributed by atoms with E-state index < -0.39 is 54.8 Å². The van der Waals surface area contributed by atoms with E-state index in [1.807, 2.05) is 6.92 Å². The predicted molar refractivity (Wildman–Crippen MR) is 123 cm³/mol. The average Bonchev–Trinajstić information content (AvgIpc) is 2.84. The molecule has 2 aromatic rings. The highest BCUT2D eigenvalue weighted by Crippen LogP contribution is 2.60. The van der Waals surface area contributed by atoms with Gasteiger partial charge in [-0.3, -0.25) is 9.11 Å². The molecule has 0 saturated carbocycles. The second-order valence-electron chi connectivity index (χ2n) is 8.10. The lowest BCUT2D eigenvalue weighted by atomic mass is 10.1. The lowest BCUT2D eigenvalue weighted by Gasteiger charge is -2.43. The third-order valence-corrected chi connectivity index (χ3v) is 8.69. The molecular formula is C21H24F6N2O5S2. The molecule has 0 fully saturated rings. The molecule has 0 amide bonds. The maximum atomic E-state index is 13.9. The Kier molecular flexibility index (Phi) is 7.82. The zero-order valence-corrected chi connectivity index (χ0v) is 20.7. The number of para-hydroxylation sites is 1. The molecule has 0 spiro atoms. The Bertz CT molecular complexity index is 1190. The standard InChI is InChI=1S/C21H24F6N2O5S2/c1-3-4-8-15-13-29(14-9-6-5-7-10-14)17-11-16(20(22,23)24)18(34-36(32,33)21(25,26)27)12-19(17)35(30,31)28(15)2/h5-7,9-12,15,30-31H,3-4,8,13H2,1-2H3. The summed E-state index contributed by atoms with van der Waals surface area (Å²) >= 11 is 0. The highest BCUT2D eigenvalue weighted by atomic mass is 32.3. The fourth-order valence-electron chi connectivity index (χ4n) is 3.79. The Labute approximate surface area is 205 Å². The van der Waals surface area contributed by atoms with Crippen molar-refractivity contribution in [1.82, 2.24) is 4.31 Å². The fraction of sp³-hybridized carbons (Fsp3) is 0.429. The van der Waals surface area contributed by atoms with Crippen molar-refractivity contribution in [2.75, 3.05) is 18.5 Å². The van der Waals surface area contributed by atoms with Crippen molar-refractivity contribution in [3.63, 3.8) is 0 Å². The van der Waals surface area contributed by atoms with Crippen molar-refractivity contribution in [2.24, 2.45) is 0 Å². The van der Waals surface area contributed by atoms with Crippen LogP contribution in [0.2, 0.25) is 0 Å². The molecule has 1 heterocycles. The molecule has 0 aliphatic carbocycles. The predicted octanol–water partition coefficient (Wildman–Crippen LogP) is 6.60. The number of nitrogens with zero attached hydrogens (tertiary/aromatic N) is 2. The Morgan fingerprint density at radius 2 is 1.69 bits per heavy atom. The summed E-state index contributed by atoms with van der Waals surface area (Å²) in [6, 6.07) is 8.14. The molecule has 3 rings (SSSR count). The van der Waals surface area contributed by atoms with Gasteiger partial charge in [-0.1, -0.05) is 38.0 Å². The van der Waals surface area contributed by atoms with Gasteiger partial charge >= 0.3 is 21.8 Å². The van der Waals surface area contributed by atoms with E-state index in [1.54, 1.807) is 30.3 Å². The first-order valence-electron chi connectivity index (χ1n) is 10.6. The summed E-state index contributed by atoms with van der Waals surface area (Å²) in [5, 5.41) is 0. The minimum atomic E-state index is -6.49. The minimum absolute atomic E-state index is 0.0156. The summed E-state index contributed by atoms with van der Waals surface area (Å²) in [5.41, 5.74) is -7.80. The first kappa shape index (κ1) is 28.4. The second kappa shape index (κ2) is 9.93. The van der Waals surface area contributed by atoms with Gasteiger partial charge in [-0.2, -0.15) is 34.8 Å². The van der Waals surface area contributed by atoms with Crippen LogP contribution in [0, 0.1) is 0 Å². The van der Waals surface area contributed by atoms with Crippen molar-refractivity contribution >= 4 is 32.3 Å². The molecule has 0 aromatic heterocycles. The average molecular weight is 563 g/mol. The molecule has 1 unspecified atom stereocenters. The second-order valence-corrected chi connectivity index (χ2v) is 11.7. The summed E-state index contributed by atoms with van der Waals surface area (Å²) in [6.07, 6.45) is -3.52. The van der Waals surface area contributed by atoms with Gasteiger partial charge in [0.25, 0.3) is 0 Å². The summed E-state index contributed by atoms with van der Waals surface area (Å²) in [5.74, 6) is -1.72. The molecule has 36 heavy (non-hydrogen) atoms. The van der Waals surface area contributed by atoms with Crippen LogP contribution < -0.4 is 9.08 Å². The smallest absolute Gasteiger partial charge is 0.375 e. The summed E-state index contributed by atoms with van der Waals surface area (Å²) in [6.45, 7) is 1.92. The van der Waals surface area contributed by atoms with Gasteiger partial charge in [0.05, 0.1) is 5.69 Å². The molecule has 0 bridgehead atoms. The number of hydrogen-bond acceptors (Lipinski definition) is 7. The number of fused-ring (bicyclic) bond motifs is 1. The Morgan fingerprint density at radius 3 is 2.22 bits per heavy atom. The van der Waals surface area contributed by atoms with Gasteiger partial charge in [0, 0.05) is 31.4 Å². The Morgan fingerprint density at radius 1 is 1.08 bits per heavy atom.